The number of sulfonamides is 1. The lowest BCUT2D eigenvalue weighted by Crippen LogP contribution is -2.13. The van der Waals surface area contributed by atoms with Crippen molar-refractivity contribution in [1.82, 2.24) is 4.98 Å². The molecule has 0 aliphatic rings. The van der Waals surface area contributed by atoms with E-state index in [0.29, 0.717) is 27.5 Å². The summed E-state index contributed by atoms with van der Waals surface area (Å²) in [7, 11) is -2.46. The van der Waals surface area contributed by atoms with Gasteiger partial charge in [-0.15, -0.1) is 0 Å². The number of methoxy groups -OCH3 is 1. The number of benzene rings is 2. The molecule has 142 valence electrons. The van der Waals surface area contributed by atoms with E-state index in [1.54, 1.807) is 13.0 Å². The summed E-state index contributed by atoms with van der Waals surface area (Å²) < 4.78 is 46.4. The van der Waals surface area contributed by atoms with Gasteiger partial charge in [-0.25, -0.2) is 17.8 Å². The largest absolute Gasteiger partial charge is 0.494 e. The third-order valence-electron chi connectivity index (χ3n) is 3.62. The standard InChI is InChI=1S/C17H16FN3O4S2/c1-3-15(22)19-17-20-16-13(25-2)8-11(9-14(16)26-17)21-27(23,24)12-6-4-10(18)5-7-12/h4-9,21H,3H2,1-2H3,(H,19,20,22). The van der Waals surface area contributed by atoms with Gasteiger partial charge in [-0.2, -0.15) is 0 Å². The molecule has 0 spiro atoms. The first kappa shape index (κ1) is 19.1. The highest BCUT2D eigenvalue weighted by Crippen LogP contribution is 2.36. The van der Waals surface area contributed by atoms with Gasteiger partial charge in [0.15, 0.2) is 5.13 Å². The van der Waals surface area contributed by atoms with Crippen LogP contribution in [-0.2, 0) is 14.8 Å². The zero-order valence-corrected chi connectivity index (χ0v) is 16.1. The van der Waals surface area contributed by atoms with E-state index in [-0.39, 0.29) is 16.5 Å². The van der Waals surface area contributed by atoms with Crippen molar-refractivity contribution in [3.05, 3.63) is 42.2 Å². The number of halogens is 1. The molecule has 1 aromatic heterocycles. The van der Waals surface area contributed by atoms with Gasteiger partial charge in [-0.1, -0.05) is 18.3 Å². The van der Waals surface area contributed by atoms with Gasteiger partial charge in [-0.3, -0.25) is 9.52 Å². The first-order chi connectivity index (χ1) is 12.8. The van der Waals surface area contributed by atoms with E-state index in [1.807, 2.05) is 0 Å². The first-order valence-electron chi connectivity index (χ1n) is 7.89. The molecular weight excluding hydrogens is 393 g/mol. The van der Waals surface area contributed by atoms with Crippen molar-refractivity contribution in [3.63, 3.8) is 0 Å². The van der Waals surface area contributed by atoms with Gasteiger partial charge in [0, 0.05) is 12.5 Å². The van der Waals surface area contributed by atoms with E-state index in [4.69, 9.17) is 4.74 Å². The molecule has 1 amide bonds. The fourth-order valence-electron chi connectivity index (χ4n) is 2.30. The molecule has 0 aliphatic heterocycles. The molecular formula is C17H16FN3O4S2. The second kappa shape index (κ2) is 7.49. The second-order valence-electron chi connectivity index (χ2n) is 5.51. The molecule has 0 saturated heterocycles. The Labute approximate surface area is 159 Å². The van der Waals surface area contributed by atoms with Crippen LogP contribution < -0.4 is 14.8 Å². The van der Waals surface area contributed by atoms with Crippen molar-refractivity contribution >= 4 is 48.3 Å². The maximum Gasteiger partial charge on any atom is 0.261 e. The SMILES string of the molecule is CCC(=O)Nc1nc2c(OC)cc(NS(=O)(=O)c3ccc(F)cc3)cc2s1. The van der Waals surface area contributed by atoms with Crippen LogP contribution in [0.5, 0.6) is 5.75 Å². The Morgan fingerprint density at radius 3 is 2.59 bits per heavy atom. The molecule has 2 aromatic carbocycles. The monoisotopic (exact) mass is 409 g/mol. The van der Waals surface area contributed by atoms with Crippen molar-refractivity contribution in [2.24, 2.45) is 0 Å². The normalized spacial score (nSPS) is 11.4. The lowest BCUT2D eigenvalue weighted by atomic mass is 10.3. The molecule has 0 radical (unpaired) electrons. The number of anilines is 2. The van der Waals surface area contributed by atoms with Crippen LogP contribution >= 0.6 is 11.3 Å². The van der Waals surface area contributed by atoms with E-state index in [2.05, 4.69) is 15.0 Å². The van der Waals surface area contributed by atoms with Gasteiger partial charge in [0.25, 0.3) is 10.0 Å². The van der Waals surface area contributed by atoms with Crippen LogP contribution in [0.25, 0.3) is 10.2 Å². The number of amides is 1. The van der Waals surface area contributed by atoms with Crippen molar-refractivity contribution in [3.8, 4) is 5.75 Å². The number of carbonyl (C=O) groups is 1. The van der Waals surface area contributed by atoms with E-state index in [9.17, 15) is 17.6 Å². The highest BCUT2D eigenvalue weighted by Gasteiger charge is 2.17. The zero-order chi connectivity index (χ0) is 19.6. The van der Waals surface area contributed by atoms with E-state index in [0.717, 1.165) is 12.1 Å². The molecule has 0 unspecified atom stereocenters. The van der Waals surface area contributed by atoms with E-state index in [1.165, 1.54) is 36.6 Å². The fourth-order valence-corrected chi connectivity index (χ4v) is 4.28. The highest BCUT2D eigenvalue weighted by molar-refractivity contribution is 7.92. The Hall–Kier alpha value is -2.72. The second-order valence-corrected chi connectivity index (χ2v) is 8.22. The number of fused-ring (bicyclic) bond motifs is 1. The molecule has 0 aliphatic carbocycles. The molecule has 0 saturated carbocycles. The maximum atomic E-state index is 13.0. The quantitative estimate of drug-likeness (QED) is 0.648. The van der Waals surface area contributed by atoms with Crippen molar-refractivity contribution in [1.29, 1.82) is 0 Å². The summed E-state index contributed by atoms with van der Waals surface area (Å²) in [4.78, 5) is 15.8. The van der Waals surface area contributed by atoms with Crippen LogP contribution in [0.1, 0.15) is 13.3 Å². The molecule has 3 aromatic rings. The van der Waals surface area contributed by atoms with E-state index < -0.39 is 15.8 Å². The molecule has 1 heterocycles. The lowest BCUT2D eigenvalue weighted by Gasteiger charge is -2.10. The van der Waals surface area contributed by atoms with E-state index >= 15 is 0 Å². The summed E-state index contributed by atoms with van der Waals surface area (Å²) in [6, 6.07) is 7.60. The molecule has 2 N–H and O–H groups in total. The average Bonchev–Trinajstić information content (AvgIpc) is 3.03. The van der Waals surface area contributed by atoms with Gasteiger partial charge < -0.3 is 10.1 Å². The number of carbonyl (C=O) groups excluding carboxylic acids is 1. The molecule has 10 heteroatoms. The van der Waals surface area contributed by atoms with Crippen LogP contribution in [0, 0.1) is 5.82 Å². The minimum atomic E-state index is -3.90. The Morgan fingerprint density at radius 1 is 1.26 bits per heavy atom. The summed E-state index contributed by atoms with van der Waals surface area (Å²) in [6.07, 6.45) is 0.315. The minimum Gasteiger partial charge on any atom is -0.494 e. The number of aromatic nitrogens is 1. The Balaban J connectivity index is 1.97. The fraction of sp³-hybridized carbons (Fsp3) is 0.176. The topological polar surface area (TPSA) is 97.4 Å². The summed E-state index contributed by atoms with van der Waals surface area (Å²) >= 11 is 1.20. The Bertz CT molecular complexity index is 1100. The third kappa shape index (κ3) is 4.17. The number of nitrogens with one attached hydrogen (secondary N) is 2. The molecule has 0 atom stereocenters. The lowest BCUT2D eigenvalue weighted by molar-refractivity contribution is -0.115. The van der Waals surface area contributed by atoms with Gasteiger partial charge in [0.2, 0.25) is 5.91 Å². The van der Waals surface area contributed by atoms with Crippen LogP contribution in [0.2, 0.25) is 0 Å². The van der Waals surface area contributed by atoms with Gasteiger partial charge >= 0.3 is 0 Å². The van der Waals surface area contributed by atoms with Crippen molar-refractivity contribution < 1.29 is 22.3 Å². The highest BCUT2D eigenvalue weighted by atomic mass is 32.2. The Kier molecular flexibility index (Phi) is 5.29. The number of hydrogen-bond donors (Lipinski definition) is 2. The van der Waals surface area contributed by atoms with Gasteiger partial charge in [-0.05, 0) is 30.3 Å². The molecule has 0 bridgehead atoms. The minimum absolute atomic E-state index is 0.0665. The number of rotatable bonds is 6. The average molecular weight is 409 g/mol. The van der Waals surface area contributed by atoms with Gasteiger partial charge in [0.1, 0.15) is 17.1 Å². The van der Waals surface area contributed by atoms with Crippen molar-refractivity contribution in [2.75, 3.05) is 17.1 Å². The summed E-state index contributed by atoms with van der Waals surface area (Å²) in [5, 5.41) is 3.07. The molecule has 3 rings (SSSR count). The number of ether oxygens (including phenoxy) is 1. The summed E-state index contributed by atoms with van der Waals surface area (Å²) in [5.74, 6) is -0.342. The number of thiazole rings is 1. The molecule has 0 fully saturated rings. The maximum absolute atomic E-state index is 13.0. The number of nitrogens with zero attached hydrogens (tertiary/aromatic N) is 1. The van der Waals surface area contributed by atoms with Crippen LogP contribution in [0.15, 0.2) is 41.3 Å². The van der Waals surface area contributed by atoms with Crippen LogP contribution in [0.3, 0.4) is 0 Å². The molecule has 7 nitrogen and oxygen atoms in total. The smallest absolute Gasteiger partial charge is 0.261 e. The van der Waals surface area contributed by atoms with Crippen molar-refractivity contribution in [2.45, 2.75) is 18.2 Å². The Morgan fingerprint density at radius 2 is 1.96 bits per heavy atom. The first-order valence-corrected chi connectivity index (χ1v) is 10.2. The summed E-state index contributed by atoms with van der Waals surface area (Å²) in [6.45, 7) is 1.73. The van der Waals surface area contributed by atoms with Gasteiger partial charge in [0.05, 0.1) is 22.4 Å². The number of hydrogen-bond acceptors (Lipinski definition) is 6. The van der Waals surface area contributed by atoms with Crippen LogP contribution in [0.4, 0.5) is 15.2 Å². The third-order valence-corrected chi connectivity index (χ3v) is 5.94. The molecule has 27 heavy (non-hydrogen) atoms. The predicted octanol–water partition coefficient (Wildman–Crippen LogP) is 3.59. The summed E-state index contributed by atoms with van der Waals surface area (Å²) in [5.41, 5.74) is 0.777. The predicted molar refractivity (Wildman–Crippen MR) is 102 cm³/mol. The zero-order valence-electron chi connectivity index (χ0n) is 14.4. The van der Waals surface area contributed by atoms with Crippen LogP contribution in [-0.4, -0.2) is 26.4 Å².